The molecule has 2 heteroatoms. The van der Waals surface area contributed by atoms with Gasteiger partial charge in [-0.25, -0.2) is 4.79 Å². The molecule has 1 rings (SSSR count). The average molecular weight is 176 g/mol. The highest BCUT2D eigenvalue weighted by Crippen LogP contribution is 2.15. The Hall–Kier alpha value is -1.57. The first-order valence-electron chi connectivity index (χ1n) is 4.09. The number of hydrogen-bond acceptors (Lipinski definition) is 1. The van der Waals surface area contributed by atoms with Gasteiger partial charge in [0.05, 0.1) is 5.56 Å². The molecule has 0 aromatic heterocycles. The van der Waals surface area contributed by atoms with E-state index < -0.39 is 5.97 Å². The van der Waals surface area contributed by atoms with E-state index in [-0.39, 0.29) is 0 Å². The SMILES string of the molecule is C=CCc1c(C)cccc1C(=O)O. The van der Waals surface area contributed by atoms with Crippen LogP contribution in [0.3, 0.4) is 0 Å². The summed E-state index contributed by atoms with van der Waals surface area (Å²) in [6.07, 6.45) is 2.32. The van der Waals surface area contributed by atoms with E-state index in [1.807, 2.05) is 13.0 Å². The van der Waals surface area contributed by atoms with Gasteiger partial charge >= 0.3 is 5.97 Å². The van der Waals surface area contributed by atoms with Gasteiger partial charge in [-0.1, -0.05) is 18.2 Å². The van der Waals surface area contributed by atoms with Gasteiger partial charge in [-0.3, -0.25) is 0 Å². The van der Waals surface area contributed by atoms with Gasteiger partial charge in [0, 0.05) is 0 Å². The third-order valence-electron chi connectivity index (χ3n) is 1.99. The van der Waals surface area contributed by atoms with Crippen LogP contribution in [0.15, 0.2) is 30.9 Å². The Morgan fingerprint density at radius 3 is 2.85 bits per heavy atom. The quantitative estimate of drug-likeness (QED) is 0.718. The normalized spacial score (nSPS) is 9.62. The van der Waals surface area contributed by atoms with E-state index in [9.17, 15) is 4.79 Å². The van der Waals surface area contributed by atoms with Crippen LogP contribution in [-0.2, 0) is 6.42 Å². The number of aromatic carboxylic acids is 1. The molecule has 0 saturated carbocycles. The first kappa shape index (κ1) is 9.52. The largest absolute Gasteiger partial charge is 0.478 e. The molecule has 0 amide bonds. The molecule has 0 aliphatic heterocycles. The minimum Gasteiger partial charge on any atom is -0.478 e. The fraction of sp³-hybridized carbons (Fsp3) is 0.182. The zero-order valence-corrected chi connectivity index (χ0v) is 7.58. The summed E-state index contributed by atoms with van der Waals surface area (Å²) in [7, 11) is 0. The number of aryl methyl sites for hydroxylation is 1. The minimum absolute atomic E-state index is 0.375. The van der Waals surface area contributed by atoms with Crippen LogP contribution in [0.1, 0.15) is 21.5 Å². The summed E-state index contributed by atoms with van der Waals surface area (Å²) in [5.74, 6) is -0.874. The summed E-state index contributed by atoms with van der Waals surface area (Å²) < 4.78 is 0. The highest BCUT2D eigenvalue weighted by Gasteiger charge is 2.09. The molecule has 0 unspecified atom stereocenters. The van der Waals surface area contributed by atoms with Gasteiger partial charge in [0.1, 0.15) is 0 Å². The monoisotopic (exact) mass is 176 g/mol. The molecule has 0 heterocycles. The van der Waals surface area contributed by atoms with Crippen LogP contribution < -0.4 is 0 Å². The van der Waals surface area contributed by atoms with Crippen LogP contribution in [0.5, 0.6) is 0 Å². The summed E-state index contributed by atoms with van der Waals surface area (Å²) in [5, 5.41) is 8.88. The van der Waals surface area contributed by atoms with Gasteiger partial charge in [0.15, 0.2) is 0 Å². The van der Waals surface area contributed by atoms with Crippen LogP contribution in [0.4, 0.5) is 0 Å². The van der Waals surface area contributed by atoms with Crippen molar-refractivity contribution in [2.24, 2.45) is 0 Å². The highest BCUT2D eigenvalue weighted by molar-refractivity contribution is 5.89. The molecule has 2 nitrogen and oxygen atoms in total. The maximum absolute atomic E-state index is 10.8. The van der Waals surface area contributed by atoms with Crippen molar-refractivity contribution in [3.8, 4) is 0 Å². The van der Waals surface area contributed by atoms with Crippen molar-refractivity contribution < 1.29 is 9.90 Å². The fourth-order valence-electron chi connectivity index (χ4n) is 1.32. The molecule has 68 valence electrons. The molecule has 0 spiro atoms. The van der Waals surface area contributed by atoms with Gasteiger partial charge in [-0.05, 0) is 30.5 Å². The second kappa shape index (κ2) is 3.90. The molecule has 1 aromatic carbocycles. The van der Waals surface area contributed by atoms with E-state index in [0.29, 0.717) is 12.0 Å². The molecule has 0 aliphatic rings. The lowest BCUT2D eigenvalue weighted by atomic mass is 9.99. The molecule has 0 atom stereocenters. The van der Waals surface area contributed by atoms with Gasteiger partial charge < -0.3 is 5.11 Å². The molecule has 1 N–H and O–H groups in total. The summed E-state index contributed by atoms with van der Waals surface area (Å²) in [6.45, 7) is 5.51. The van der Waals surface area contributed by atoms with E-state index in [4.69, 9.17) is 5.11 Å². The average Bonchev–Trinajstić information content (AvgIpc) is 2.08. The van der Waals surface area contributed by atoms with Crippen LogP contribution in [-0.4, -0.2) is 11.1 Å². The first-order chi connectivity index (χ1) is 6.16. The Bertz CT molecular complexity index is 340. The predicted molar refractivity (Wildman–Crippen MR) is 52.0 cm³/mol. The molecule has 0 fully saturated rings. The summed E-state index contributed by atoms with van der Waals surface area (Å²) in [5.41, 5.74) is 2.23. The maximum atomic E-state index is 10.8. The van der Waals surface area contributed by atoms with Crippen molar-refractivity contribution in [2.45, 2.75) is 13.3 Å². The van der Waals surface area contributed by atoms with Crippen molar-refractivity contribution in [2.75, 3.05) is 0 Å². The molecule has 0 radical (unpaired) electrons. The Balaban J connectivity index is 3.24. The summed E-state index contributed by atoms with van der Waals surface area (Å²) in [6, 6.07) is 5.28. The molecule has 0 aliphatic carbocycles. The van der Waals surface area contributed by atoms with Crippen molar-refractivity contribution in [3.63, 3.8) is 0 Å². The molecular formula is C11H12O2. The molecule has 1 aromatic rings. The standard InChI is InChI=1S/C11H12O2/c1-3-5-9-8(2)6-4-7-10(9)11(12)13/h3-4,6-7H,1,5H2,2H3,(H,12,13). The lowest BCUT2D eigenvalue weighted by molar-refractivity contribution is 0.0696. The lowest BCUT2D eigenvalue weighted by Gasteiger charge is -2.06. The first-order valence-corrected chi connectivity index (χ1v) is 4.09. The second-order valence-corrected chi connectivity index (χ2v) is 2.90. The minimum atomic E-state index is -0.874. The van der Waals surface area contributed by atoms with Crippen molar-refractivity contribution in [1.29, 1.82) is 0 Å². The van der Waals surface area contributed by atoms with Gasteiger partial charge in [0.2, 0.25) is 0 Å². The Morgan fingerprint density at radius 2 is 2.31 bits per heavy atom. The van der Waals surface area contributed by atoms with Crippen LogP contribution in [0.25, 0.3) is 0 Å². The van der Waals surface area contributed by atoms with Crippen molar-refractivity contribution in [3.05, 3.63) is 47.5 Å². The Labute approximate surface area is 77.5 Å². The third kappa shape index (κ3) is 1.96. The fourth-order valence-corrected chi connectivity index (χ4v) is 1.32. The smallest absolute Gasteiger partial charge is 0.335 e. The summed E-state index contributed by atoms with van der Waals surface area (Å²) in [4.78, 5) is 10.8. The topological polar surface area (TPSA) is 37.3 Å². The number of carbonyl (C=O) groups is 1. The molecular weight excluding hydrogens is 164 g/mol. The number of carboxylic acid groups (broad SMARTS) is 1. The Morgan fingerprint density at radius 1 is 1.62 bits per heavy atom. The molecule has 13 heavy (non-hydrogen) atoms. The third-order valence-corrected chi connectivity index (χ3v) is 1.99. The zero-order valence-electron chi connectivity index (χ0n) is 7.58. The van der Waals surface area contributed by atoms with E-state index in [0.717, 1.165) is 11.1 Å². The Kier molecular flexibility index (Phi) is 2.85. The van der Waals surface area contributed by atoms with E-state index >= 15 is 0 Å². The van der Waals surface area contributed by atoms with Gasteiger partial charge in [-0.2, -0.15) is 0 Å². The molecule has 0 bridgehead atoms. The van der Waals surface area contributed by atoms with Crippen molar-refractivity contribution in [1.82, 2.24) is 0 Å². The lowest BCUT2D eigenvalue weighted by Crippen LogP contribution is -2.03. The molecule has 0 saturated heterocycles. The van der Waals surface area contributed by atoms with Gasteiger partial charge in [0.25, 0.3) is 0 Å². The maximum Gasteiger partial charge on any atom is 0.335 e. The number of rotatable bonds is 3. The van der Waals surface area contributed by atoms with Crippen LogP contribution >= 0.6 is 0 Å². The number of allylic oxidation sites excluding steroid dienone is 1. The number of benzene rings is 1. The zero-order chi connectivity index (χ0) is 9.84. The van der Waals surface area contributed by atoms with E-state index in [1.165, 1.54) is 0 Å². The number of hydrogen-bond donors (Lipinski definition) is 1. The second-order valence-electron chi connectivity index (χ2n) is 2.90. The number of carboxylic acids is 1. The van der Waals surface area contributed by atoms with Crippen molar-refractivity contribution >= 4 is 5.97 Å². The highest BCUT2D eigenvalue weighted by atomic mass is 16.4. The van der Waals surface area contributed by atoms with Crippen LogP contribution in [0.2, 0.25) is 0 Å². The van der Waals surface area contributed by atoms with E-state index in [2.05, 4.69) is 6.58 Å². The van der Waals surface area contributed by atoms with E-state index in [1.54, 1.807) is 18.2 Å². The van der Waals surface area contributed by atoms with Crippen LogP contribution in [0, 0.1) is 6.92 Å². The predicted octanol–water partition coefficient (Wildman–Crippen LogP) is 2.42. The van der Waals surface area contributed by atoms with Gasteiger partial charge in [-0.15, -0.1) is 6.58 Å². The summed E-state index contributed by atoms with van der Waals surface area (Å²) >= 11 is 0.